The summed E-state index contributed by atoms with van der Waals surface area (Å²) < 4.78 is 0. The van der Waals surface area contributed by atoms with Gasteiger partial charge < -0.3 is 10.2 Å². The van der Waals surface area contributed by atoms with Gasteiger partial charge in [-0.05, 0) is 44.5 Å². The van der Waals surface area contributed by atoms with Crippen LogP contribution in [-0.2, 0) is 0 Å². The Morgan fingerprint density at radius 2 is 2.12 bits per heavy atom. The molecule has 0 heterocycles. The van der Waals surface area contributed by atoms with Crippen LogP contribution >= 0.6 is 11.8 Å². The zero-order chi connectivity index (χ0) is 12.9. The first-order valence-electron chi connectivity index (χ1n) is 6.86. The Morgan fingerprint density at radius 1 is 1.41 bits per heavy atom. The summed E-state index contributed by atoms with van der Waals surface area (Å²) in [5.41, 5.74) is 0.456. The van der Waals surface area contributed by atoms with Crippen LogP contribution in [0.1, 0.15) is 33.1 Å². The molecule has 1 saturated carbocycles. The molecule has 0 aromatic rings. The fraction of sp³-hybridized carbons (Fsp3) is 1.00. The maximum Gasteiger partial charge on any atom is 0.0156 e. The highest BCUT2D eigenvalue weighted by atomic mass is 32.2. The van der Waals surface area contributed by atoms with Gasteiger partial charge in [-0.2, -0.15) is 11.8 Å². The van der Waals surface area contributed by atoms with E-state index in [1.807, 2.05) is 11.8 Å². The van der Waals surface area contributed by atoms with Gasteiger partial charge in [-0.15, -0.1) is 0 Å². The van der Waals surface area contributed by atoms with E-state index in [9.17, 15) is 0 Å². The van der Waals surface area contributed by atoms with Crippen LogP contribution in [0.15, 0.2) is 0 Å². The van der Waals surface area contributed by atoms with E-state index < -0.39 is 0 Å². The van der Waals surface area contributed by atoms with Crippen LogP contribution in [-0.4, -0.2) is 50.1 Å². The van der Waals surface area contributed by atoms with Crippen molar-refractivity contribution in [1.29, 1.82) is 0 Å². The number of nitrogens with one attached hydrogen (secondary N) is 1. The summed E-state index contributed by atoms with van der Waals surface area (Å²) in [7, 11) is 4.40. The van der Waals surface area contributed by atoms with Crippen molar-refractivity contribution in [3.05, 3.63) is 0 Å². The largest absolute Gasteiger partial charge is 0.316 e. The molecule has 1 N–H and O–H groups in total. The third kappa shape index (κ3) is 4.46. The smallest absolute Gasteiger partial charge is 0.0156 e. The third-order valence-electron chi connectivity index (χ3n) is 4.24. The van der Waals surface area contributed by atoms with Crippen LogP contribution in [0.3, 0.4) is 0 Å². The van der Waals surface area contributed by atoms with Crippen LogP contribution < -0.4 is 5.32 Å². The molecule has 1 aliphatic rings. The molecule has 2 nitrogen and oxygen atoms in total. The first kappa shape index (κ1) is 15.3. The quantitative estimate of drug-likeness (QED) is 0.788. The van der Waals surface area contributed by atoms with E-state index in [4.69, 9.17) is 0 Å². The summed E-state index contributed by atoms with van der Waals surface area (Å²) in [6.45, 7) is 7.30. The molecule has 0 spiro atoms. The topological polar surface area (TPSA) is 15.3 Å². The molecular weight excluding hydrogens is 228 g/mol. The van der Waals surface area contributed by atoms with Gasteiger partial charge in [-0.1, -0.05) is 20.3 Å². The van der Waals surface area contributed by atoms with Crippen LogP contribution in [0.5, 0.6) is 0 Å². The van der Waals surface area contributed by atoms with Crippen molar-refractivity contribution < 1.29 is 0 Å². The van der Waals surface area contributed by atoms with E-state index in [1.165, 1.54) is 38.1 Å². The standard InChI is InChI=1S/C14H30N2S/c1-14(2)8-6-7-12(13(14)15-3)11-16(4)9-10-17-5/h12-13,15H,6-11H2,1-5H3. The Balaban J connectivity index is 2.50. The maximum atomic E-state index is 3.57. The van der Waals surface area contributed by atoms with Gasteiger partial charge in [0.05, 0.1) is 0 Å². The number of nitrogens with zero attached hydrogens (tertiary/aromatic N) is 1. The lowest BCUT2D eigenvalue weighted by Gasteiger charge is -2.45. The maximum absolute atomic E-state index is 3.57. The molecule has 2 unspecified atom stereocenters. The van der Waals surface area contributed by atoms with E-state index in [-0.39, 0.29) is 0 Å². The van der Waals surface area contributed by atoms with E-state index in [1.54, 1.807) is 0 Å². The Kier molecular flexibility index (Phi) is 6.32. The lowest BCUT2D eigenvalue weighted by Crippen LogP contribution is -2.51. The fourth-order valence-electron chi connectivity index (χ4n) is 3.34. The highest BCUT2D eigenvalue weighted by Crippen LogP contribution is 2.39. The van der Waals surface area contributed by atoms with Crippen molar-refractivity contribution in [1.82, 2.24) is 10.2 Å². The molecular formula is C14H30N2S. The van der Waals surface area contributed by atoms with Crippen LogP contribution in [0, 0.1) is 11.3 Å². The van der Waals surface area contributed by atoms with Gasteiger partial charge in [0.15, 0.2) is 0 Å². The van der Waals surface area contributed by atoms with E-state index in [0.717, 1.165) is 5.92 Å². The minimum atomic E-state index is 0.456. The minimum absolute atomic E-state index is 0.456. The van der Waals surface area contributed by atoms with E-state index in [0.29, 0.717) is 11.5 Å². The van der Waals surface area contributed by atoms with Crippen LogP contribution in [0.25, 0.3) is 0 Å². The van der Waals surface area contributed by atoms with Gasteiger partial charge in [0.25, 0.3) is 0 Å². The Hall–Kier alpha value is 0.270. The molecule has 1 aliphatic carbocycles. The van der Waals surface area contributed by atoms with Crippen molar-refractivity contribution in [2.24, 2.45) is 11.3 Å². The molecule has 17 heavy (non-hydrogen) atoms. The predicted molar refractivity (Wildman–Crippen MR) is 79.8 cm³/mol. The first-order valence-corrected chi connectivity index (χ1v) is 8.25. The van der Waals surface area contributed by atoms with Gasteiger partial charge in [-0.25, -0.2) is 0 Å². The normalized spacial score (nSPS) is 28.6. The number of hydrogen-bond acceptors (Lipinski definition) is 3. The second-order valence-electron chi connectivity index (χ2n) is 6.16. The Morgan fingerprint density at radius 3 is 2.71 bits per heavy atom. The molecule has 1 fully saturated rings. The molecule has 0 saturated heterocycles. The Bertz CT molecular complexity index is 218. The van der Waals surface area contributed by atoms with Crippen molar-refractivity contribution in [3.8, 4) is 0 Å². The molecule has 1 rings (SSSR count). The van der Waals surface area contributed by atoms with Gasteiger partial charge in [0.1, 0.15) is 0 Å². The van der Waals surface area contributed by atoms with Crippen molar-refractivity contribution in [3.63, 3.8) is 0 Å². The van der Waals surface area contributed by atoms with Gasteiger partial charge in [-0.3, -0.25) is 0 Å². The molecule has 0 aromatic carbocycles. The summed E-state index contributed by atoms with van der Waals surface area (Å²) >= 11 is 1.94. The second-order valence-corrected chi connectivity index (χ2v) is 7.15. The van der Waals surface area contributed by atoms with Crippen LogP contribution in [0.4, 0.5) is 0 Å². The molecule has 3 heteroatoms. The summed E-state index contributed by atoms with van der Waals surface area (Å²) in [6, 6.07) is 0.674. The lowest BCUT2D eigenvalue weighted by molar-refractivity contribution is 0.0920. The average Bonchev–Trinajstić information content (AvgIpc) is 2.25. The molecule has 0 bridgehead atoms. The van der Waals surface area contributed by atoms with Crippen molar-refractivity contribution in [2.75, 3.05) is 39.2 Å². The van der Waals surface area contributed by atoms with E-state index >= 15 is 0 Å². The summed E-state index contributed by atoms with van der Waals surface area (Å²) in [5, 5.41) is 3.57. The summed E-state index contributed by atoms with van der Waals surface area (Å²) in [6.07, 6.45) is 6.34. The zero-order valence-electron chi connectivity index (χ0n) is 12.3. The molecule has 0 radical (unpaired) electrons. The molecule has 102 valence electrons. The van der Waals surface area contributed by atoms with Crippen molar-refractivity contribution in [2.45, 2.75) is 39.2 Å². The number of thioether (sulfide) groups is 1. The minimum Gasteiger partial charge on any atom is -0.316 e. The van der Waals surface area contributed by atoms with Gasteiger partial charge >= 0.3 is 0 Å². The molecule has 0 aromatic heterocycles. The highest BCUT2D eigenvalue weighted by Gasteiger charge is 2.37. The van der Waals surface area contributed by atoms with E-state index in [2.05, 4.69) is 44.4 Å². The molecule has 0 aliphatic heterocycles. The number of hydrogen-bond donors (Lipinski definition) is 1. The highest BCUT2D eigenvalue weighted by molar-refractivity contribution is 7.98. The summed E-state index contributed by atoms with van der Waals surface area (Å²) in [4.78, 5) is 2.51. The second kappa shape index (κ2) is 7.01. The molecule has 0 amide bonds. The summed E-state index contributed by atoms with van der Waals surface area (Å²) in [5.74, 6) is 2.06. The van der Waals surface area contributed by atoms with Gasteiger partial charge in [0.2, 0.25) is 0 Å². The zero-order valence-corrected chi connectivity index (χ0v) is 13.1. The average molecular weight is 258 g/mol. The fourth-order valence-corrected chi connectivity index (χ4v) is 3.84. The predicted octanol–water partition coefficient (Wildman–Crippen LogP) is 2.70. The third-order valence-corrected chi connectivity index (χ3v) is 4.83. The lowest BCUT2D eigenvalue weighted by atomic mass is 9.68. The van der Waals surface area contributed by atoms with Crippen molar-refractivity contribution >= 4 is 11.8 Å². The first-order chi connectivity index (χ1) is 8.01. The van der Waals surface area contributed by atoms with Crippen LogP contribution in [0.2, 0.25) is 0 Å². The number of rotatable bonds is 6. The van der Waals surface area contributed by atoms with Gasteiger partial charge in [0, 0.05) is 24.9 Å². The molecule has 2 atom stereocenters. The monoisotopic (exact) mass is 258 g/mol. The Labute approximate surface area is 112 Å². The SMILES string of the molecule is CNC1C(CN(C)CCSC)CCCC1(C)C.